The Kier molecular flexibility index (Phi) is 9.01. The molecule has 3 rings (SSSR count). The molecular formula is C27H30N4O5. The first kappa shape index (κ1) is 26.2. The number of para-hydroxylation sites is 4. The van der Waals surface area contributed by atoms with Crippen molar-refractivity contribution < 1.29 is 23.9 Å². The lowest BCUT2D eigenvalue weighted by Gasteiger charge is -2.34. The van der Waals surface area contributed by atoms with E-state index in [-0.39, 0.29) is 0 Å². The van der Waals surface area contributed by atoms with Gasteiger partial charge in [-0.1, -0.05) is 48.5 Å². The molecule has 0 fully saturated rings. The summed E-state index contributed by atoms with van der Waals surface area (Å²) in [6.45, 7) is -0.840. The molecule has 3 aromatic carbocycles. The summed E-state index contributed by atoms with van der Waals surface area (Å²) in [5.74, 6) is -0.809. The number of carbonyl (C=O) groups excluding carboxylic acids is 3. The number of likely N-dealkylation sites (N-methyl/N-ethyl adjacent to an activating group) is 2. The van der Waals surface area contributed by atoms with E-state index in [2.05, 4.69) is 0 Å². The number of nitrogens with two attached hydrogens (primary N) is 1. The van der Waals surface area contributed by atoms with Crippen LogP contribution in [0.2, 0.25) is 0 Å². The molecule has 2 N–H and O–H groups in total. The summed E-state index contributed by atoms with van der Waals surface area (Å²) in [5.41, 5.74) is 6.79. The Morgan fingerprint density at radius 1 is 0.806 bits per heavy atom. The topological polar surface area (TPSA) is 105 Å². The van der Waals surface area contributed by atoms with Crippen LogP contribution in [0.5, 0.6) is 11.5 Å². The molecule has 9 heteroatoms. The van der Waals surface area contributed by atoms with Gasteiger partial charge in [0.05, 0.1) is 19.3 Å². The maximum Gasteiger partial charge on any atom is 0.289 e. The third-order valence-corrected chi connectivity index (χ3v) is 5.58. The number of ether oxygens (including phenoxy) is 2. The maximum absolute atomic E-state index is 13.8. The van der Waals surface area contributed by atoms with Crippen molar-refractivity contribution in [2.45, 2.75) is 6.23 Å². The molecule has 188 valence electrons. The van der Waals surface area contributed by atoms with E-state index in [1.807, 2.05) is 6.07 Å². The second-order valence-corrected chi connectivity index (χ2v) is 7.87. The summed E-state index contributed by atoms with van der Waals surface area (Å²) in [5, 5.41) is 0. The van der Waals surface area contributed by atoms with Crippen LogP contribution in [0.4, 0.5) is 11.4 Å². The number of anilines is 2. The summed E-state index contributed by atoms with van der Waals surface area (Å²) in [7, 11) is 4.64. The highest BCUT2D eigenvalue weighted by Gasteiger charge is 2.36. The van der Waals surface area contributed by atoms with E-state index in [4.69, 9.17) is 15.2 Å². The zero-order valence-corrected chi connectivity index (χ0v) is 20.5. The first-order chi connectivity index (χ1) is 17.4. The predicted molar refractivity (Wildman–Crippen MR) is 138 cm³/mol. The third kappa shape index (κ3) is 6.19. The monoisotopic (exact) mass is 490 g/mol. The molecule has 0 saturated carbocycles. The molecule has 0 bridgehead atoms. The van der Waals surface area contributed by atoms with Gasteiger partial charge < -0.3 is 25.0 Å². The van der Waals surface area contributed by atoms with Gasteiger partial charge in [0.2, 0.25) is 11.8 Å². The molecule has 36 heavy (non-hydrogen) atoms. The zero-order valence-electron chi connectivity index (χ0n) is 20.5. The van der Waals surface area contributed by atoms with Crippen LogP contribution in [0.25, 0.3) is 0 Å². The predicted octanol–water partition coefficient (Wildman–Crippen LogP) is 2.51. The van der Waals surface area contributed by atoms with Crippen LogP contribution in [0.15, 0.2) is 84.9 Å². The Labute approximate surface area is 210 Å². The molecular weight excluding hydrogens is 460 g/mol. The second kappa shape index (κ2) is 12.4. The summed E-state index contributed by atoms with van der Waals surface area (Å²) in [6, 6.07) is 24.5. The minimum absolute atomic E-state index is 0.350. The van der Waals surface area contributed by atoms with Crippen LogP contribution in [0, 0.1) is 0 Å². The largest absolute Gasteiger partial charge is 0.495 e. The van der Waals surface area contributed by atoms with E-state index in [0.29, 0.717) is 22.9 Å². The van der Waals surface area contributed by atoms with Gasteiger partial charge in [-0.05, 0) is 36.4 Å². The normalized spacial score (nSPS) is 11.2. The molecule has 0 heterocycles. The Hall–Kier alpha value is -4.37. The molecule has 0 aliphatic carbocycles. The molecule has 1 atom stereocenters. The van der Waals surface area contributed by atoms with Crippen LogP contribution in [-0.4, -0.2) is 63.1 Å². The van der Waals surface area contributed by atoms with Crippen LogP contribution < -0.4 is 25.0 Å². The number of nitrogens with zero attached hydrogens (tertiary/aromatic N) is 3. The van der Waals surface area contributed by atoms with E-state index in [9.17, 15) is 14.4 Å². The number of hydrogen-bond acceptors (Lipinski definition) is 6. The molecule has 9 nitrogen and oxygen atoms in total. The number of rotatable bonds is 10. The van der Waals surface area contributed by atoms with Gasteiger partial charge in [0.25, 0.3) is 12.1 Å². The van der Waals surface area contributed by atoms with Gasteiger partial charge in [0, 0.05) is 19.8 Å². The molecule has 3 aromatic rings. The highest BCUT2D eigenvalue weighted by atomic mass is 16.5. The molecule has 0 radical (unpaired) electrons. The fourth-order valence-electron chi connectivity index (χ4n) is 3.53. The quantitative estimate of drug-likeness (QED) is 0.438. The molecule has 0 aromatic heterocycles. The van der Waals surface area contributed by atoms with Crippen molar-refractivity contribution in [1.29, 1.82) is 0 Å². The van der Waals surface area contributed by atoms with Crippen molar-refractivity contribution in [3.8, 4) is 11.5 Å². The smallest absolute Gasteiger partial charge is 0.289 e. The summed E-state index contributed by atoms with van der Waals surface area (Å²) in [6.07, 6.45) is -1.47. The van der Waals surface area contributed by atoms with Gasteiger partial charge in [-0.15, -0.1) is 0 Å². The van der Waals surface area contributed by atoms with Crippen molar-refractivity contribution in [2.24, 2.45) is 5.73 Å². The van der Waals surface area contributed by atoms with Crippen LogP contribution in [0.1, 0.15) is 0 Å². The van der Waals surface area contributed by atoms with E-state index in [1.165, 1.54) is 16.9 Å². The average molecular weight is 491 g/mol. The molecule has 0 spiro atoms. The third-order valence-electron chi connectivity index (χ3n) is 5.58. The van der Waals surface area contributed by atoms with E-state index < -0.39 is 37.0 Å². The van der Waals surface area contributed by atoms with E-state index in [1.54, 1.807) is 93.0 Å². The Morgan fingerprint density at radius 3 is 2.00 bits per heavy atom. The van der Waals surface area contributed by atoms with E-state index in [0.717, 1.165) is 4.90 Å². The van der Waals surface area contributed by atoms with Crippen molar-refractivity contribution >= 4 is 29.1 Å². The highest BCUT2D eigenvalue weighted by molar-refractivity contribution is 6.01. The lowest BCUT2D eigenvalue weighted by atomic mass is 10.2. The highest BCUT2D eigenvalue weighted by Crippen LogP contribution is 2.28. The molecule has 0 aliphatic heterocycles. The van der Waals surface area contributed by atoms with Crippen LogP contribution in [-0.2, 0) is 14.4 Å². The van der Waals surface area contributed by atoms with Gasteiger partial charge in [0.1, 0.15) is 18.0 Å². The Balaban J connectivity index is 1.98. The minimum Gasteiger partial charge on any atom is -0.495 e. The van der Waals surface area contributed by atoms with Crippen molar-refractivity contribution in [1.82, 2.24) is 4.90 Å². The Morgan fingerprint density at radius 2 is 1.39 bits per heavy atom. The number of benzene rings is 3. The number of carbonyl (C=O) groups is 3. The summed E-state index contributed by atoms with van der Waals surface area (Å²) in [4.78, 5) is 43.7. The number of hydrogen-bond donors (Lipinski definition) is 1. The summed E-state index contributed by atoms with van der Waals surface area (Å²) < 4.78 is 11.4. The van der Waals surface area contributed by atoms with Crippen molar-refractivity contribution in [2.75, 3.05) is 44.1 Å². The van der Waals surface area contributed by atoms with E-state index >= 15 is 0 Å². The van der Waals surface area contributed by atoms with Crippen molar-refractivity contribution in [3.05, 3.63) is 84.9 Å². The summed E-state index contributed by atoms with van der Waals surface area (Å²) >= 11 is 0. The first-order valence-corrected chi connectivity index (χ1v) is 11.3. The lowest BCUT2D eigenvalue weighted by Crippen LogP contribution is -2.57. The molecule has 0 aliphatic rings. The van der Waals surface area contributed by atoms with Crippen molar-refractivity contribution in [3.63, 3.8) is 0 Å². The SMILES string of the molecule is COc1ccccc1N(C)C(=O)C(Oc1ccccc1)N(CC(=O)N(C)c1ccccc1)C(=O)CN. The first-order valence-electron chi connectivity index (χ1n) is 11.3. The number of amides is 3. The minimum atomic E-state index is -1.47. The molecule has 1 unspecified atom stereocenters. The van der Waals surface area contributed by atoms with Gasteiger partial charge in [-0.2, -0.15) is 0 Å². The fourth-order valence-corrected chi connectivity index (χ4v) is 3.53. The maximum atomic E-state index is 13.8. The zero-order chi connectivity index (χ0) is 26.1. The number of methoxy groups -OCH3 is 1. The van der Waals surface area contributed by atoms with Gasteiger partial charge in [0.15, 0.2) is 0 Å². The van der Waals surface area contributed by atoms with Crippen LogP contribution in [0.3, 0.4) is 0 Å². The van der Waals surface area contributed by atoms with Gasteiger partial charge in [-0.3, -0.25) is 19.3 Å². The molecule has 0 saturated heterocycles. The van der Waals surface area contributed by atoms with Crippen LogP contribution >= 0.6 is 0 Å². The van der Waals surface area contributed by atoms with Gasteiger partial charge in [-0.25, -0.2) is 0 Å². The standard InChI is InChI=1S/C27H30N4O5/c1-29(20-12-6-4-7-13-20)25(33)19-31(24(32)18-28)27(36-21-14-8-5-9-15-21)26(34)30(2)22-16-10-11-17-23(22)35-3/h4-17,27H,18-19,28H2,1-3H3. The molecule has 3 amide bonds. The Bertz CT molecular complexity index is 1170. The average Bonchev–Trinajstić information content (AvgIpc) is 2.94. The lowest BCUT2D eigenvalue weighted by molar-refractivity contribution is -0.150. The second-order valence-electron chi connectivity index (χ2n) is 7.87. The van der Waals surface area contributed by atoms with Gasteiger partial charge >= 0.3 is 0 Å². The fraction of sp³-hybridized carbons (Fsp3) is 0.222.